The minimum absolute atomic E-state index is 0.126. The number of benzene rings is 1. The smallest absolute Gasteiger partial charge is 0.339 e. The summed E-state index contributed by atoms with van der Waals surface area (Å²) in [6.07, 6.45) is 3.71. The van der Waals surface area contributed by atoms with Gasteiger partial charge >= 0.3 is 5.63 Å². The standard InChI is InChI=1S/C22H25NO7/c1-14-9-17(12-21(25)29-14)30-16-7-8-23(13-16)20(24)6-5-15-10-18(26-2)22(28-4)19(11-15)27-3/h5-6,9-12,16H,7-8,13H2,1-4H3/b6-5+. The van der Waals surface area contributed by atoms with Crippen molar-refractivity contribution in [1.29, 1.82) is 0 Å². The normalized spacial score (nSPS) is 16.0. The molecule has 8 nitrogen and oxygen atoms in total. The Morgan fingerprint density at radius 1 is 1.10 bits per heavy atom. The topological polar surface area (TPSA) is 87.4 Å². The van der Waals surface area contributed by atoms with E-state index in [1.54, 1.807) is 50.3 Å². The number of rotatable bonds is 7. The maximum absolute atomic E-state index is 12.6. The van der Waals surface area contributed by atoms with Gasteiger partial charge in [-0.05, 0) is 30.7 Å². The molecule has 0 aliphatic carbocycles. The first kappa shape index (κ1) is 21.3. The van der Waals surface area contributed by atoms with Gasteiger partial charge in [-0.3, -0.25) is 4.79 Å². The highest BCUT2D eigenvalue weighted by atomic mass is 16.5. The number of aryl methyl sites for hydroxylation is 1. The number of likely N-dealkylation sites (tertiary alicyclic amines) is 1. The van der Waals surface area contributed by atoms with Crippen LogP contribution in [0.1, 0.15) is 17.7 Å². The van der Waals surface area contributed by atoms with Crippen LogP contribution in [0.4, 0.5) is 0 Å². The van der Waals surface area contributed by atoms with Crippen LogP contribution in [0.2, 0.25) is 0 Å². The van der Waals surface area contributed by atoms with Crippen LogP contribution < -0.4 is 24.6 Å². The second-order valence-electron chi connectivity index (χ2n) is 6.83. The SMILES string of the molecule is COc1cc(/C=C/C(=O)N2CCC(Oc3cc(C)oc(=O)c3)C2)cc(OC)c1OC. The fourth-order valence-electron chi connectivity index (χ4n) is 3.33. The number of methoxy groups -OCH3 is 3. The van der Waals surface area contributed by atoms with Crippen molar-refractivity contribution >= 4 is 12.0 Å². The fourth-order valence-corrected chi connectivity index (χ4v) is 3.33. The molecular formula is C22H25NO7. The maximum Gasteiger partial charge on any atom is 0.339 e. The summed E-state index contributed by atoms with van der Waals surface area (Å²) in [6.45, 7) is 2.70. The zero-order chi connectivity index (χ0) is 21.7. The van der Waals surface area contributed by atoms with Crippen molar-refractivity contribution in [2.45, 2.75) is 19.4 Å². The summed E-state index contributed by atoms with van der Waals surface area (Å²) in [6, 6.07) is 6.51. The summed E-state index contributed by atoms with van der Waals surface area (Å²) in [5, 5.41) is 0. The Balaban J connectivity index is 1.65. The number of amides is 1. The second-order valence-corrected chi connectivity index (χ2v) is 6.83. The van der Waals surface area contributed by atoms with Crippen LogP contribution in [0.25, 0.3) is 6.08 Å². The minimum atomic E-state index is -0.454. The first-order valence-electron chi connectivity index (χ1n) is 9.49. The van der Waals surface area contributed by atoms with E-state index in [1.165, 1.54) is 19.3 Å². The summed E-state index contributed by atoms with van der Waals surface area (Å²) in [5.41, 5.74) is 0.292. The number of nitrogens with zero attached hydrogens (tertiary/aromatic N) is 1. The minimum Gasteiger partial charge on any atom is -0.493 e. The number of carbonyl (C=O) groups excluding carboxylic acids is 1. The lowest BCUT2D eigenvalue weighted by Gasteiger charge is -2.16. The molecule has 2 heterocycles. The van der Waals surface area contributed by atoms with Gasteiger partial charge in [0.15, 0.2) is 11.5 Å². The predicted octanol–water partition coefficient (Wildman–Crippen LogP) is 2.67. The highest BCUT2D eigenvalue weighted by molar-refractivity contribution is 5.92. The molecular weight excluding hydrogens is 390 g/mol. The van der Waals surface area contributed by atoms with Crippen LogP contribution in [0.3, 0.4) is 0 Å². The predicted molar refractivity (Wildman–Crippen MR) is 110 cm³/mol. The third-order valence-corrected chi connectivity index (χ3v) is 4.73. The molecule has 1 saturated heterocycles. The molecule has 0 spiro atoms. The number of ether oxygens (including phenoxy) is 4. The highest BCUT2D eigenvalue weighted by Gasteiger charge is 2.26. The Morgan fingerprint density at radius 3 is 2.40 bits per heavy atom. The molecule has 3 rings (SSSR count). The van der Waals surface area contributed by atoms with Crippen molar-refractivity contribution in [3.05, 3.63) is 52.1 Å². The van der Waals surface area contributed by atoms with Crippen molar-refractivity contribution < 1.29 is 28.2 Å². The lowest BCUT2D eigenvalue weighted by atomic mass is 10.1. The van der Waals surface area contributed by atoms with Gasteiger partial charge in [0.25, 0.3) is 0 Å². The van der Waals surface area contributed by atoms with Gasteiger partial charge < -0.3 is 28.3 Å². The molecule has 1 aliphatic rings. The fraction of sp³-hybridized carbons (Fsp3) is 0.364. The van der Waals surface area contributed by atoms with Crippen molar-refractivity contribution in [2.24, 2.45) is 0 Å². The Hall–Kier alpha value is -3.42. The molecule has 0 bridgehead atoms. The van der Waals surface area contributed by atoms with Gasteiger partial charge in [0.05, 0.1) is 33.9 Å². The molecule has 1 fully saturated rings. The van der Waals surface area contributed by atoms with Crippen molar-refractivity contribution in [2.75, 3.05) is 34.4 Å². The highest BCUT2D eigenvalue weighted by Crippen LogP contribution is 2.38. The Kier molecular flexibility index (Phi) is 6.66. The van der Waals surface area contributed by atoms with Gasteiger partial charge in [0, 0.05) is 25.1 Å². The molecule has 1 atom stereocenters. The second kappa shape index (κ2) is 9.39. The van der Waals surface area contributed by atoms with E-state index in [0.717, 1.165) is 5.56 Å². The third kappa shape index (κ3) is 4.94. The summed E-state index contributed by atoms with van der Waals surface area (Å²) in [5.74, 6) is 2.34. The van der Waals surface area contributed by atoms with Gasteiger partial charge in [-0.15, -0.1) is 0 Å². The lowest BCUT2D eigenvalue weighted by molar-refractivity contribution is -0.125. The molecule has 1 aliphatic heterocycles. The Labute approximate surface area is 174 Å². The van der Waals surface area contributed by atoms with Crippen molar-refractivity contribution in [3.8, 4) is 23.0 Å². The van der Waals surface area contributed by atoms with Crippen LogP contribution >= 0.6 is 0 Å². The van der Waals surface area contributed by atoms with Crippen LogP contribution in [0.15, 0.2) is 39.6 Å². The molecule has 30 heavy (non-hydrogen) atoms. The Morgan fingerprint density at radius 2 is 1.80 bits per heavy atom. The Bertz CT molecular complexity index is 970. The average molecular weight is 415 g/mol. The maximum atomic E-state index is 12.6. The molecule has 160 valence electrons. The van der Waals surface area contributed by atoms with E-state index >= 15 is 0 Å². The number of hydrogen-bond donors (Lipinski definition) is 0. The van der Waals surface area contributed by atoms with Crippen LogP contribution in [-0.4, -0.2) is 51.3 Å². The molecule has 1 unspecified atom stereocenters. The monoisotopic (exact) mass is 415 g/mol. The van der Waals surface area contributed by atoms with Gasteiger partial charge in [0.1, 0.15) is 17.6 Å². The number of hydrogen-bond acceptors (Lipinski definition) is 7. The van der Waals surface area contributed by atoms with E-state index in [9.17, 15) is 9.59 Å². The molecule has 1 aromatic heterocycles. The molecule has 0 saturated carbocycles. The molecule has 0 N–H and O–H groups in total. The van der Waals surface area contributed by atoms with Crippen LogP contribution in [0.5, 0.6) is 23.0 Å². The van der Waals surface area contributed by atoms with E-state index in [2.05, 4.69) is 0 Å². The summed E-state index contributed by atoms with van der Waals surface area (Å²) < 4.78 is 26.7. The summed E-state index contributed by atoms with van der Waals surface area (Å²) >= 11 is 0. The van der Waals surface area contributed by atoms with Gasteiger partial charge in [-0.25, -0.2) is 4.79 Å². The van der Waals surface area contributed by atoms with E-state index in [4.69, 9.17) is 23.4 Å². The van der Waals surface area contributed by atoms with Gasteiger partial charge in [-0.2, -0.15) is 0 Å². The van der Waals surface area contributed by atoms with Crippen LogP contribution in [0, 0.1) is 6.92 Å². The lowest BCUT2D eigenvalue weighted by Crippen LogP contribution is -2.29. The van der Waals surface area contributed by atoms with E-state index < -0.39 is 5.63 Å². The van der Waals surface area contributed by atoms with Crippen LogP contribution in [-0.2, 0) is 4.79 Å². The zero-order valence-corrected chi connectivity index (χ0v) is 17.5. The quantitative estimate of drug-likeness (QED) is 0.643. The summed E-state index contributed by atoms with van der Waals surface area (Å²) in [4.78, 5) is 25.8. The first-order chi connectivity index (χ1) is 14.4. The van der Waals surface area contributed by atoms with E-state index in [1.807, 2.05) is 0 Å². The molecule has 2 aromatic rings. The van der Waals surface area contributed by atoms with Gasteiger partial charge in [0.2, 0.25) is 11.7 Å². The first-order valence-corrected chi connectivity index (χ1v) is 9.49. The van der Waals surface area contributed by atoms with Crippen molar-refractivity contribution in [1.82, 2.24) is 4.90 Å². The van der Waals surface area contributed by atoms with E-state index in [0.29, 0.717) is 48.3 Å². The third-order valence-electron chi connectivity index (χ3n) is 4.73. The van der Waals surface area contributed by atoms with E-state index in [-0.39, 0.29) is 12.0 Å². The van der Waals surface area contributed by atoms with Crippen molar-refractivity contribution in [3.63, 3.8) is 0 Å². The molecule has 1 aromatic carbocycles. The largest absolute Gasteiger partial charge is 0.493 e. The summed E-state index contributed by atoms with van der Waals surface area (Å²) in [7, 11) is 4.62. The molecule has 0 radical (unpaired) electrons. The van der Waals surface area contributed by atoms with Gasteiger partial charge in [-0.1, -0.05) is 0 Å². The average Bonchev–Trinajstić information content (AvgIpc) is 3.18. The molecule has 1 amide bonds. The molecule has 8 heteroatoms. The zero-order valence-electron chi connectivity index (χ0n) is 17.5. The number of carbonyl (C=O) groups is 1.